The van der Waals surface area contributed by atoms with E-state index in [0.717, 1.165) is 31.7 Å². The number of rotatable bonds is 3. The standard InChI is InChI=1S/C12H14FNO3/c13-11-7-8(15)5-6-10(11)12(16)14-17-9-3-1-2-4-9/h5-7,9,15H,1-4H2,(H,14,16). The highest BCUT2D eigenvalue weighted by Gasteiger charge is 2.18. The topological polar surface area (TPSA) is 58.6 Å². The van der Waals surface area contributed by atoms with Crippen molar-refractivity contribution in [3.63, 3.8) is 0 Å². The lowest BCUT2D eigenvalue weighted by Crippen LogP contribution is -2.28. The van der Waals surface area contributed by atoms with Crippen molar-refractivity contribution < 1.29 is 19.1 Å². The second-order valence-corrected chi connectivity index (χ2v) is 4.12. The fourth-order valence-corrected chi connectivity index (χ4v) is 1.89. The van der Waals surface area contributed by atoms with E-state index in [2.05, 4.69) is 5.48 Å². The van der Waals surface area contributed by atoms with Crippen LogP contribution in [0.1, 0.15) is 36.0 Å². The average Bonchev–Trinajstić information content (AvgIpc) is 2.78. The third-order valence-corrected chi connectivity index (χ3v) is 2.82. The summed E-state index contributed by atoms with van der Waals surface area (Å²) < 4.78 is 13.3. The maximum Gasteiger partial charge on any atom is 0.277 e. The molecule has 1 amide bonds. The van der Waals surface area contributed by atoms with Crippen LogP contribution >= 0.6 is 0 Å². The van der Waals surface area contributed by atoms with Crippen LogP contribution in [0.15, 0.2) is 18.2 Å². The van der Waals surface area contributed by atoms with Gasteiger partial charge in [-0.25, -0.2) is 9.87 Å². The van der Waals surface area contributed by atoms with E-state index in [0.29, 0.717) is 0 Å². The number of carbonyl (C=O) groups is 1. The summed E-state index contributed by atoms with van der Waals surface area (Å²) in [4.78, 5) is 16.8. The minimum atomic E-state index is -0.766. The first-order chi connectivity index (χ1) is 8.16. The van der Waals surface area contributed by atoms with E-state index in [4.69, 9.17) is 9.94 Å². The average molecular weight is 239 g/mol. The van der Waals surface area contributed by atoms with Crippen LogP contribution in [0.4, 0.5) is 4.39 Å². The second-order valence-electron chi connectivity index (χ2n) is 4.12. The Bertz CT molecular complexity index is 416. The first-order valence-electron chi connectivity index (χ1n) is 5.61. The molecule has 2 rings (SSSR count). The number of aromatic hydroxyl groups is 1. The zero-order valence-corrected chi connectivity index (χ0v) is 9.28. The van der Waals surface area contributed by atoms with Gasteiger partial charge >= 0.3 is 0 Å². The molecule has 1 saturated carbocycles. The van der Waals surface area contributed by atoms with Crippen LogP contribution in [-0.2, 0) is 4.84 Å². The molecule has 2 N–H and O–H groups in total. The van der Waals surface area contributed by atoms with Crippen LogP contribution in [0.2, 0.25) is 0 Å². The maximum atomic E-state index is 13.3. The van der Waals surface area contributed by atoms with Crippen LogP contribution in [0.25, 0.3) is 0 Å². The summed E-state index contributed by atoms with van der Waals surface area (Å²) in [5, 5.41) is 9.02. The van der Waals surface area contributed by atoms with Crippen molar-refractivity contribution >= 4 is 5.91 Å². The molecular weight excluding hydrogens is 225 g/mol. The van der Waals surface area contributed by atoms with Gasteiger partial charge in [-0.2, -0.15) is 0 Å². The first kappa shape index (κ1) is 11.9. The van der Waals surface area contributed by atoms with Crippen LogP contribution in [0, 0.1) is 5.82 Å². The van der Waals surface area contributed by atoms with E-state index in [1.165, 1.54) is 12.1 Å². The van der Waals surface area contributed by atoms with E-state index in [1.54, 1.807) is 0 Å². The first-order valence-corrected chi connectivity index (χ1v) is 5.61. The van der Waals surface area contributed by atoms with Crippen molar-refractivity contribution in [3.05, 3.63) is 29.6 Å². The number of phenols is 1. The van der Waals surface area contributed by atoms with Gasteiger partial charge in [0.2, 0.25) is 0 Å². The van der Waals surface area contributed by atoms with Gasteiger partial charge in [0.25, 0.3) is 5.91 Å². The summed E-state index contributed by atoms with van der Waals surface area (Å²) in [7, 11) is 0. The maximum absolute atomic E-state index is 13.3. The molecule has 1 aliphatic carbocycles. The molecule has 0 heterocycles. The number of nitrogens with one attached hydrogen (secondary N) is 1. The van der Waals surface area contributed by atoms with Crippen LogP contribution in [0.3, 0.4) is 0 Å². The Morgan fingerprint density at radius 2 is 2.12 bits per heavy atom. The normalized spacial score (nSPS) is 16.1. The Morgan fingerprint density at radius 3 is 2.76 bits per heavy atom. The summed E-state index contributed by atoms with van der Waals surface area (Å²) in [5.41, 5.74) is 2.10. The zero-order chi connectivity index (χ0) is 12.3. The molecule has 0 bridgehead atoms. The Morgan fingerprint density at radius 1 is 1.41 bits per heavy atom. The molecule has 92 valence electrons. The lowest BCUT2D eigenvalue weighted by Gasteiger charge is -2.11. The van der Waals surface area contributed by atoms with Gasteiger partial charge in [-0.1, -0.05) is 12.8 Å². The molecule has 0 spiro atoms. The van der Waals surface area contributed by atoms with Crippen LogP contribution in [0.5, 0.6) is 5.75 Å². The fraction of sp³-hybridized carbons (Fsp3) is 0.417. The van der Waals surface area contributed by atoms with Gasteiger partial charge in [0.15, 0.2) is 0 Å². The molecular formula is C12H14FNO3. The van der Waals surface area contributed by atoms with Gasteiger partial charge in [0.1, 0.15) is 11.6 Å². The molecule has 0 aliphatic heterocycles. The molecule has 1 aromatic rings. The van der Waals surface area contributed by atoms with E-state index in [-0.39, 0.29) is 17.4 Å². The number of carbonyl (C=O) groups excluding carboxylic acids is 1. The Labute approximate surface area is 98.4 Å². The number of benzene rings is 1. The molecule has 0 saturated heterocycles. The smallest absolute Gasteiger partial charge is 0.277 e. The molecule has 0 unspecified atom stereocenters. The lowest BCUT2D eigenvalue weighted by atomic mass is 10.2. The van der Waals surface area contributed by atoms with Gasteiger partial charge in [-0.15, -0.1) is 0 Å². The van der Waals surface area contributed by atoms with E-state index in [9.17, 15) is 9.18 Å². The molecule has 0 aromatic heterocycles. The van der Waals surface area contributed by atoms with Crippen molar-refractivity contribution in [2.24, 2.45) is 0 Å². The number of hydroxylamine groups is 1. The number of hydrogen-bond donors (Lipinski definition) is 2. The van der Waals surface area contributed by atoms with Crippen molar-refractivity contribution in [2.45, 2.75) is 31.8 Å². The van der Waals surface area contributed by atoms with E-state index in [1.807, 2.05) is 0 Å². The van der Waals surface area contributed by atoms with Crippen LogP contribution < -0.4 is 5.48 Å². The van der Waals surface area contributed by atoms with Gasteiger partial charge in [0.05, 0.1) is 11.7 Å². The monoisotopic (exact) mass is 239 g/mol. The van der Waals surface area contributed by atoms with Gasteiger partial charge in [-0.05, 0) is 25.0 Å². The Kier molecular flexibility index (Phi) is 3.58. The third-order valence-electron chi connectivity index (χ3n) is 2.82. The minimum Gasteiger partial charge on any atom is -0.508 e. The number of halogens is 1. The molecule has 17 heavy (non-hydrogen) atoms. The molecule has 1 aliphatic rings. The summed E-state index contributed by atoms with van der Waals surface area (Å²) in [5.74, 6) is -1.61. The lowest BCUT2D eigenvalue weighted by molar-refractivity contribution is -0.0127. The van der Waals surface area contributed by atoms with Crippen LogP contribution in [-0.4, -0.2) is 17.1 Å². The highest BCUT2D eigenvalue weighted by molar-refractivity contribution is 5.93. The molecule has 5 heteroatoms. The number of phenolic OH excluding ortho intramolecular Hbond substituents is 1. The van der Waals surface area contributed by atoms with Gasteiger partial charge < -0.3 is 5.11 Å². The van der Waals surface area contributed by atoms with Crippen molar-refractivity contribution in [1.29, 1.82) is 0 Å². The van der Waals surface area contributed by atoms with Gasteiger partial charge in [-0.3, -0.25) is 9.63 Å². The molecule has 0 radical (unpaired) electrons. The third kappa shape index (κ3) is 2.94. The summed E-state index contributed by atoms with van der Waals surface area (Å²) >= 11 is 0. The zero-order valence-electron chi connectivity index (χ0n) is 9.28. The Hall–Kier alpha value is -1.62. The molecule has 4 nitrogen and oxygen atoms in total. The van der Waals surface area contributed by atoms with Crippen molar-refractivity contribution in [1.82, 2.24) is 5.48 Å². The summed E-state index contributed by atoms with van der Waals surface area (Å²) in [6.45, 7) is 0. The number of hydrogen-bond acceptors (Lipinski definition) is 3. The van der Waals surface area contributed by atoms with E-state index >= 15 is 0 Å². The summed E-state index contributed by atoms with van der Waals surface area (Å²) in [6.07, 6.45) is 4.04. The predicted octanol–water partition coefficient (Wildman–Crippen LogP) is 2.14. The van der Waals surface area contributed by atoms with Crippen molar-refractivity contribution in [2.75, 3.05) is 0 Å². The Balaban J connectivity index is 1.94. The minimum absolute atomic E-state index is 0.0270. The SMILES string of the molecule is O=C(NOC1CCCC1)c1ccc(O)cc1F. The largest absolute Gasteiger partial charge is 0.508 e. The fourth-order valence-electron chi connectivity index (χ4n) is 1.89. The van der Waals surface area contributed by atoms with Gasteiger partial charge in [0, 0.05) is 6.07 Å². The molecule has 1 aromatic carbocycles. The van der Waals surface area contributed by atoms with Crippen molar-refractivity contribution in [3.8, 4) is 5.75 Å². The van der Waals surface area contributed by atoms with E-state index < -0.39 is 11.7 Å². The summed E-state index contributed by atoms with van der Waals surface area (Å²) in [6, 6.07) is 3.37. The molecule has 0 atom stereocenters. The highest BCUT2D eigenvalue weighted by atomic mass is 19.1. The quantitative estimate of drug-likeness (QED) is 0.794. The molecule has 1 fully saturated rings. The predicted molar refractivity (Wildman–Crippen MR) is 58.9 cm³/mol. The second kappa shape index (κ2) is 5.14. The highest BCUT2D eigenvalue weighted by Crippen LogP contribution is 2.20. The number of amides is 1.